The van der Waals surface area contributed by atoms with E-state index < -0.39 is 6.43 Å². The Morgan fingerprint density at radius 3 is 2.73 bits per heavy atom. The van der Waals surface area contributed by atoms with Gasteiger partial charge in [0.2, 0.25) is 12.2 Å². The van der Waals surface area contributed by atoms with Crippen molar-refractivity contribution >= 4 is 15.9 Å². The van der Waals surface area contributed by atoms with Crippen LogP contribution in [0.3, 0.4) is 0 Å². The fraction of sp³-hybridized carbons (Fsp3) is 0.111. The van der Waals surface area contributed by atoms with Gasteiger partial charge in [-0.15, -0.1) is 0 Å². The molecule has 0 aliphatic carbocycles. The fourth-order valence-corrected chi connectivity index (χ4v) is 1.59. The van der Waals surface area contributed by atoms with E-state index in [0.29, 0.717) is 4.47 Å². The van der Waals surface area contributed by atoms with Crippen molar-refractivity contribution in [3.8, 4) is 11.4 Å². The largest absolute Gasteiger partial charge is 0.342 e. The summed E-state index contributed by atoms with van der Waals surface area (Å²) in [5, 5.41) is 3.52. The van der Waals surface area contributed by atoms with Gasteiger partial charge in [0.25, 0.3) is 6.43 Å². The molecule has 15 heavy (non-hydrogen) atoms. The van der Waals surface area contributed by atoms with Gasteiger partial charge in [-0.1, -0.05) is 21.1 Å². The van der Waals surface area contributed by atoms with E-state index in [9.17, 15) is 8.78 Å². The summed E-state index contributed by atoms with van der Waals surface area (Å²) < 4.78 is 30.5. The summed E-state index contributed by atoms with van der Waals surface area (Å²) in [5.74, 6) is 0.165. The summed E-state index contributed by atoms with van der Waals surface area (Å²) in [7, 11) is 0. The molecule has 78 valence electrons. The fourth-order valence-electron chi connectivity index (χ4n) is 1.21. The minimum Gasteiger partial charge on any atom is -0.342 e. The molecular formula is C9H5BrF2N2O. The van der Waals surface area contributed by atoms with Gasteiger partial charge in [0.1, 0.15) is 0 Å². The third-order valence-electron chi connectivity index (χ3n) is 1.85. The van der Waals surface area contributed by atoms with Crippen LogP contribution in [0, 0.1) is 0 Å². The number of nitrogens with zero attached hydrogens (tertiary/aromatic N) is 2. The number of halogens is 3. The van der Waals surface area contributed by atoms with Crippen molar-refractivity contribution in [3.05, 3.63) is 34.6 Å². The Kier molecular flexibility index (Phi) is 2.77. The van der Waals surface area contributed by atoms with Crippen LogP contribution in [0.25, 0.3) is 11.4 Å². The second-order valence-corrected chi connectivity index (χ2v) is 3.70. The van der Waals surface area contributed by atoms with Crippen molar-refractivity contribution in [1.29, 1.82) is 0 Å². The molecule has 0 atom stereocenters. The molecule has 0 bridgehead atoms. The zero-order valence-electron chi connectivity index (χ0n) is 7.32. The first-order valence-corrected chi connectivity index (χ1v) is 4.82. The number of aromatic nitrogens is 2. The Bertz CT molecular complexity index is 459. The van der Waals surface area contributed by atoms with E-state index in [-0.39, 0.29) is 17.0 Å². The summed E-state index contributed by atoms with van der Waals surface area (Å²) in [4.78, 5) is 3.73. The number of hydrogen-bond donors (Lipinski definition) is 0. The lowest BCUT2D eigenvalue weighted by Crippen LogP contribution is -1.91. The molecule has 3 nitrogen and oxygen atoms in total. The van der Waals surface area contributed by atoms with Crippen LogP contribution >= 0.6 is 15.9 Å². The number of hydrogen-bond acceptors (Lipinski definition) is 3. The van der Waals surface area contributed by atoms with E-state index in [2.05, 4.69) is 30.6 Å². The molecule has 0 saturated carbocycles. The number of alkyl halides is 2. The van der Waals surface area contributed by atoms with Gasteiger partial charge in [-0.3, -0.25) is 0 Å². The molecule has 2 aromatic rings. The van der Waals surface area contributed by atoms with Crippen LogP contribution in [0.5, 0.6) is 0 Å². The highest BCUT2D eigenvalue weighted by Crippen LogP contribution is 2.31. The second kappa shape index (κ2) is 4.06. The Morgan fingerprint density at radius 1 is 1.33 bits per heavy atom. The van der Waals surface area contributed by atoms with Crippen molar-refractivity contribution in [1.82, 2.24) is 10.1 Å². The first-order chi connectivity index (χ1) is 7.18. The molecule has 0 aliphatic rings. The van der Waals surface area contributed by atoms with Crippen LogP contribution in [0.2, 0.25) is 0 Å². The van der Waals surface area contributed by atoms with Gasteiger partial charge >= 0.3 is 0 Å². The van der Waals surface area contributed by atoms with Crippen molar-refractivity contribution in [2.45, 2.75) is 6.43 Å². The van der Waals surface area contributed by atoms with Crippen LogP contribution in [0.15, 0.2) is 33.6 Å². The highest BCUT2D eigenvalue weighted by molar-refractivity contribution is 9.10. The average Bonchev–Trinajstić information content (AvgIpc) is 2.70. The lowest BCUT2D eigenvalue weighted by molar-refractivity contribution is 0.152. The van der Waals surface area contributed by atoms with E-state index in [1.165, 1.54) is 12.1 Å². The highest BCUT2D eigenvalue weighted by Gasteiger charge is 2.17. The first kappa shape index (κ1) is 10.2. The lowest BCUT2D eigenvalue weighted by Gasteiger charge is -2.05. The van der Waals surface area contributed by atoms with Crippen LogP contribution in [0.1, 0.15) is 12.0 Å². The highest BCUT2D eigenvalue weighted by atomic mass is 79.9. The summed E-state index contributed by atoms with van der Waals surface area (Å²) >= 11 is 3.13. The summed E-state index contributed by atoms with van der Waals surface area (Å²) in [6.07, 6.45) is -1.47. The quantitative estimate of drug-likeness (QED) is 0.842. The maximum atomic E-state index is 12.7. The molecule has 0 unspecified atom stereocenters. The second-order valence-electron chi connectivity index (χ2n) is 2.79. The Balaban J connectivity index is 2.56. The zero-order valence-corrected chi connectivity index (χ0v) is 8.91. The van der Waals surface area contributed by atoms with Gasteiger partial charge < -0.3 is 4.52 Å². The third-order valence-corrected chi connectivity index (χ3v) is 2.34. The van der Waals surface area contributed by atoms with Crippen LogP contribution in [0.4, 0.5) is 8.78 Å². The van der Waals surface area contributed by atoms with E-state index in [1.807, 2.05) is 0 Å². The van der Waals surface area contributed by atoms with Gasteiger partial charge in [0, 0.05) is 15.6 Å². The van der Waals surface area contributed by atoms with Gasteiger partial charge in [0.05, 0.1) is 0 Å². The van der Waals surface area contributed by atoms with Crippen LogP contribution in [-0.2, 0) is 0 Å². The molecule has 2 rings (SSSR count). The van der Waals surface area contributed by atoms with E-state index >= 15 is 0 Å². The molecule has 0 aliphatic heterocycles. The minimum atomic E-state index is -2.57. The van der Waals surface area contributed by atoms with Gasteiger partial charge in [-0.2, -0.15) is 4.98 Å². The average molecular weight is 275 g/mol. The smallest absolute Gasteiger partial charge is 0.264 e. The third kappa shape index (κ3) is 2.04. The van der Waals surface area contributed by atoms with Crippen LogP contribution < -0.4 is 0 Å². The summed E-state index contributed by atoms with van der Waals surface area (Å²) in [6.45, 7) is 0. The van der Waals surface area contributed by atoms with Crippen LogP contribution in [-0.4, -0.2) is 10.1 Å². The number of rotatable bonds is 2. The lowest BCUT2D eigenvalue weighted by atomic mass is 10.1. The zero-order chi connectivity index (χ0) is 10.8. The molecule has 0 saturated heterocycles. The maximum Gasteiger partial charge on any atom is 0.264 e. The molecule has 0 spiro atoms. The van der Waals surface area contributed by atoms with Gasteiger partial charge in [0.15, 0.2) is 0 Å². The Labute approximate surface area is 92.2 Å². The predicted octanol–water partition coefficient (Wildman–Crippen LogP) is 3.44. The van der Waals surface area contributed by atoms with Crippen molar-refractivity contribution in [3.63, 3.8) is 0 Å². The van der Waals surface area contributed by atoms with Gasteiger partial charge in [-0.25, -0.2) is 8.78 Å². The Morgan fingerprint density at radius 2 is 2.13 bits per heavy atom. The summed E-state index contributed by atoms with van der Waals surface area (Å²) in [5.41, 5.74) is 0.160. The van der Waals surface area contributed by atoms with Gasteiger partial charge in [-0.05, 0) is 18.2 Å². The van der Waals surface area contributed by atoms with E-state index in [4.69, 9.17) is 0 Å². The van der Waals surface area contributed by atoms with E-state index in [1.54, 1.807) is 6.07 Å². The maximum absolute atomic E-state index is 12.7. The molecular weight excluding hydrogens is 270 g/mol. The SMILES string of the molecule is FC(F)c1cc(Br)ccc1-c1ncon1. The normalized spacial score (nSPS) is 10.9. The Hall–Kier alpha value is -1.30. The minimum absolute atomic E-state index is 0.120. The molecule has 0 fully saturated rings. The predicted molar refractivity (Wildman–Crippen MR) is 52.4 cm³/mol. The first-order valence-electron chi connectivity index (χ1n) is 4.03. The molecule has 0 N–H and O–H groups in total. The molecule has 1 aromatic heterocycles. The molecule has 1 aromatic carbocycles. The molecule has 0 radical (unpaired) electrons. The topological polar surface area (TPSA) is 38.9 Å². The monoisotopic (exact) mass is 274 g/mol. The molecule has 0 amide bonds. The summed E-state index contributed by atoms with van der Waals surface area (Å²) in [6, 6.07) is 4.52. The van der Waals surface area contributed by atoms with Crippen molar-refractivity contribution in [2.24, 2.45) is 0 Å². The standard InChI is InChI=1S/C9H5BrF2N2O/c10-5-1-2-6(7(3-5)8(11)12)9-13-4-15-14-9/h1-4,8H. The molecule has 6 heteroatoms. The molecule has 1 heterocycles. The number of benzene rings is 1. The van der Waals surface area contributed by atoms with E-state index in [0.717, 1.165) is 6.39 Å². The van der Waals surface area contributed by atoms with Crippen molar-refractivity contribution < 1.29 is 13.3 Å². The van der Waals surface area contributed by atoms with Crippen molar-refractivity contribution in [2.75, 3.05) is 0 Å².